The number of H-pyrrole nitrogens is 1. The van der Waals surface area contributed by atoms with Crippen molar-refractivity contribution < 1.29 is 0 Å². The van der Waals surface area contributed by atoms with Crippen LogP contribution in [0.4, 0.5) is 5.95 Å². The van der Waals surface area contributed by atoms with Crippen LogP contribution in [-0.2, 0) is 0 Å². The van der Waals surface area contributed by atoms with Crippen LogP contribution in [0.25, 0.3) is 0 Å². The largest absolute Gasteiger partial charge is 0.338 e. The summed E-state index contributed by atoms with van der Waals surface area (Å²) in [6.45, 7) is 3.72. The van der Waals surface area contributed by atoms with Crippen LogP contribution < -0.4 is 10.6 Å². The van der Waals surface area contributed by atoms with E-state index >= 15 is 0 Å². The van der Waals surface area contributed by atoms with E-state index in [1.165, 1.54) is 6.33 Å². The van der Waals surface area contributed by atoms with Crippen LogP contribution in [0.1, 0.15) is 25.2 Å². The smallest absolute Gasteiger partial charge is 0.244 e. The van der Waals surface area contributed by atoms with E-state index < -0.39 is 0 Å². The van der Waals surface area contributed by atoms with Gasteiger partial charge in [-0.1, -0.05) is 0 Å². The van der Waals surface area contributed by atoms with Crippen LogP contribution in [0, 0.1) is 0 Å². The molecule has 1 aliphatic rings. The molecule has 8 nitrogen and oxygen atoms in total. The third-order valence-electron chi connectivity index (χ3n) is 3.23. The fraction of sp³-hybridized carbons (Fsp3) is 0.600. The number of nitrogens with one attached hydrogen (secondary N) is 1. The number of nitrogens with two attached hydrogens (primary N) is 1. The van der Waals surface area contributed by atoms with E-state index in [2.05, 4.69) is 30.2 Å². The summed E-state index contributed by atoms with van der Waals surface area (Å²) in [5.41, 5.74) is 5.88. The van der Waals surface area contributed by atoms with Crippen molar-refractivity contribution in [3.63, 3.8) is 0 Å². The summed E-state index contributed by atoms with van der Waals surface area (Å²) >= 11 is 0. The van der Waals surface area contributed by atoms with Crippen molar-refractivity contribution in [2.24, 2.45) is 5.73 Å². The van der Waals surface area contributed by atoms with E-state index in [-0.39, 0.29) is 12.1 Å². The van der Waals surface area contributed by atoms with Gasteiger partial charge in [0.15, 0.2) is 5.82 Å². The van der Waals surface area contributed by atoms with Crippen molar-refractivity contribution in [3.8, 4) is 0 Å². The van der Waals surface area contributed by atoms with Crippen LogP contribution in [0.15, 0.2) is 12.7 Å². The minimum absolute atomic E-state index is 0.00923. The zero-order valence-corrected chi connectivity index (χ0v) is 10.2. The zero-order valence-electron chi connectivity index (χ0n) is 10.2. The molecule has 0 radical (unpaired) electrons. The third kappa shape index (κ3) is 1.94. The highest BCUT2D eigenvalue weighted by Crippen LogP contribution is 2.18. The molecule has 3 N–H and O–H groups in total. The Kier molecular flexibility index (Phi) is 2.71. The number of aromatic amines is 1. The van der Waals surface area contributed by atoms with Crippen molar-refractivity contribution in [1.29, 1.82) is 0 Å². The molecular weight excluding hydrogens is 232 g/mol. The normalized spacial score (nSPS) is 21.4. The number of anilines is 1. The van der Waals surface area contributed by atoms with Gasteiger partial charge in [-0.15, -0.1) is 5.10 Å². The molecule has 3 rings (SSSR count). The number of nitrogens with zero attached hydrogens (tertiary/aromatic N) is 6. The molecule has 2 atom stereocenters. The van der Waals surface area contributed by atoms with Gasteiger partial charge in [-0.05, 0) is 13.3 Å². The molecule has 1 aliphatic heterocycles. The molecule has 2 aromatic heterocycles. The molecule has 8 heteroatoms. The predicted molar refractivity (Wildman–Crippen MR) is 65.0 cm³/mol. The highest BCUT2D eigenvalue weighted by molar-refractivity contribution is 5.31. The van der Waals surface area contributed by atoms with E-state index in [1.54, 1.807) is 11.0 Å². The molecule has 0 amide bonds. The summed E-state index contributed by atoms with van der Waals surface area (Å²) in [4.78, 5) is 10.5. The first-order valence-corrected chi connectivity index (χ1v) is 6.01. The maximum absolute atomic E-state index is 5.88. The van der Waals surface area contributed by atoms with E-state index in [0.29, 0.717) is 5.95 Å². The van der Waals surface area contributed by atoms with Crippen LogP contribution in [-0.4, -0.2) is 49.1 Å². The van der Waals surface area contributed by atoms with Gasteiger partial charge in [0.25, 0.3) is 0 Å². The fourth-order valence-corrected chi connectivity index (χ4v) is 2.10. The Morgan fingerprint density at radius 1 is 1.56 bits per heavy atom. The van der Waals surface area contributed by atoms with Gasteiger partial charge in [0.1, 0.15) is 18.7 Å². The standard InChI is InChI=1S/C10H16N8/c1-7(18-6-12-5-13-18)9-14-10(16-15-9)17-3-2-8(11)4-17/h5-8H,2-4,11H2,1H3,(H,14,15,16). The lowest BCUT2D eigenvalue weighted by Gasteiger charge is -2.12. The maximum atomic E-state index is 5.88. The molecule has 0 saturated carbocycles. The Hall–Kier alpha value is -1.96. The van der Waals surface area contributed by atoms with E-state index in [4.69, 9.17) is 5.73 Å². The SMILES string of the molecule is CC(c1nc(N2CCC(N)C2)n[nH]1)n1cncn1. The average Bonchev–Trinajstić information content (AvgIpc) is 3.09. The third-order valence-corrected chi connectivity index (χ3v) is 3.23. The Bertz CT molecular complexity index is 504. The van der Waals surface area contributed by atoms with Gasteiger partial charge in [0.05, 0.1) is 0 Å². The van der Waals surface area contributed by atoms with Crippen molar-refractivity contribution in [2.45, 2.75) is 25.4 Å². The summed E-state index contributed by atoms with van der Waals surface area (Å²) in [6.07, 6.45) is 4.16. The first-order chi connectivity index (χ1) is 8.74. The number of aromatic nitrogens is 6. The fourth-order valence-electron chi connectivity index (χ4n) is 2.10. The van der Waals surface area contributed by atoms with Crippen molar-refractivity contribution in [3.05, 3.63) is 18.5 Å². The Morgan fingerprint density at radius 2 is 2.44 bits per heavy atom. The van der Waals surface area contributed by atoms with Crippen LogP contribution >= 0.6 is 0 Å². The lowest BCUT2D eigenvalue weighted by molar-refractivity contribution is 0.536. The molecule has 18 heavy (non-hydrogen) atoms. The molecule has 2 aromatic rings. The van der Waals surface area contributed by atoms with Crippen LogP contribution in [0.2, 0.25) is 0 Å². The Balaban J connectivity index is 1.77. The van der Waals surface area contributed by atoms with Crippen molar-refractivity contribution in [1.82, 2.24) is 29.9 Å². The van der Waals surface area contributed by atoms with E-state index in [0.717, 1.165) is 25.3 Å². The lowest BCUT2D eigenvalue weighted by atomic mass is 10.3. The number of hydrogen-bond donors (Lipinski definition) is 2. The van der Waals surface area contributed by atoms with E-state index in [1.807, 2.05) is 6.92 Å². The second-order valence-corrected chi connectivity index (χ2v) is 4.57. The summed E-state index contributed by atoms with van der Waals surface area (Å²) in [7, 11) is 0. The summed E-state index contributed by atoms with van der Waals surface area (Å²) in [6, 6.07) is 0.213. The van der Waals surface area contributed by atoms with Gasteiger partial charge in [-0.2, -0.15) is 10.1 Å². The van der Waals surface area contributed by atoms with Crippen LogP contribution in [0.5, 0.6) is 0 Å². The Morgan fingerprint density at radius 3 is 3.11 bits per heavy atom. The van der Waals surface area contributed by atoms with Gasteiger partial charge in [-0.25, -0.2) is 9.67 Å². The summed E-state index contributed by atoms with van der Waals surface area (Å²) in [5, 5.41) is 11.3. The molecule has 1 saturated heterocycles. The lowest BCUT2D eigenvalue weighted by Crippen LogP contribution is -2.27. The highest BCUT2D eigenvalue weighted by atomic mass is 15.4. The van der Waals surface area contributed by atoms with E-state index in [9.17, 15) is 0 Å². The van der Waals surface area contributed by atoms with Crippen LogP contribution in [0.3, 0.4) is 0 Å². The zero-order chi connectivity index (χ0) is 12.5. The van der Waals surface area contributed by atoms with Gasteiger partial charge >= 0.3 is 0 Å². The second kappa shape index (κ2) is 4.37. The molecule has 0 aliphatic carbocycles. The minimum atomic E-state index is -0.00923. The minimum Gasteiger partial charge on any atom is -0.338 e. The van der Waals surface area contributed by atoms with Crippen molar-refractivity contribution in [2.75, 3.05) is 18.0 Å². The first kappa shape index (κ1) is 11.1. The van der Waals surface area contributed by atoms with Gasteiger partial charge in [0, 0.05) is 19.1 Å². The monoisotopic (exact) mass is 248 g/mol. The average molecular weight is 248 g/mol. The van der Waals surface area contributed by atoms with Crippen molar-refractivity contribution >= 4 is 5.95 Å². The van der Waals surface area contributed by atoms with Gasteiger partial charge in [0.2, 0.25) is 5.95 Å². The predicted octanol–water partition coefficient (Wildman–Crippen LogP) is -0.457. The number of hydrogen-bond acceptors (Lipinski definition) is 6. The molecule has 0 bridgehead atoms. The quantitative estimate of drug-likeness (QED) is 0.762. The molecule has 0 aromatic carbocycles. The molecular formula is C10H16N8. The summed E-state index contributed by atoms with van der Waals surface area (Å²) in [5.74, 6) is 1.49. The highest BCUT2D eigenvalue weighted by Gasteiger charge is 2.23. The molecule has 1 fully saturated rings. The molecule has 2 unspecified atom stereocenters. The van der Waals surface area contributed by atoms with Gasteiger partial charge in [-0.3, -0.25) is 5.10 Å². The number of rotatable bonds is 3. The molecule has 96 valence electrons. The second-order valence-electron chi connectivity index (χ2n) is 4.57. The molecule has 0 spiro atoms. The maximum Gasteiger partial charge on any atom is 0.244 e. The Labute approximate surface area is 104 Å². The summed E-state index contributed by atoms with van der Waals surface area (Å²) < 4.78 is 1.74. The van der Waals surface area contributed by atoms with Gasteiger partial charge < -0.3 is 10.6 Å². The first-order valence-electron chi connectivity index (χ1n) is 6.01. The topological polar surface area (TPSA) is 102 Å². The molecule has 3 heterocycles.